The van der Waals surface area contributed by atoms with Gasteiger partial charge in [-0.2, -0.15) is 13.2 Å². The van der Waals surface area contributed by atoms with Crippen molar-refractivity contribution >= 4 is 23.4 Å². The Labute approximate surface area is 193 Å². The molecule has 1 aromatic carbocycles. The highest BCUT2D eigenvalue weighted by atomic mass is 32.2. The minimum atomic E-state index is -4.57. The maximum atomic E-state index is 13.2. The molecule has 0 aliphatic heterocycles. The molecule has 176 valence electrons. The number of carbonyl (C=O) groups is 1. The third-order valence-electron chi connectivity index (χ3n) is 4.67. The monoisotopic (exact) mass is 479 g/mol. The predicted octanol–water partition coefficient (Wildman–Crippen LogP) is 4.90. The van der Waals surface area contributed by atoms with Crippen LogP contribution >= 0.6 is 11.8 Å². The summed E-state index contributed by atoms with van der Waals surface area (Å²) in [5.41, 5.74) is -0.357. The van der Waals surface area contributed by atoms with Gasteiger partial charge in [0.2, 0.25) is 5.91 Å². The van der Waals surface area contributed by atoms with E-state index >= 15 is 0 Å². The standard InChI is InChI=1S/C22H24F3N5O2S/c1-3-32-14-6-13-30-19(16-9-11-26-12-10-16)28-29-21(30)33-15(2)20(31)27-18-8-5-4-7-17(18)22(23,24)25/h4-5,7-12,15H,3,6,13-14H2,1-2H3,(H,27,31). The molecule has 7 nitrogen and oxygen atoms in total. The van der Waals surface area contributed by atoms with Crippen LogP contribution in [0.15, 0.2) is 53.9 Å². The lowest BCUT2D eigenvalue weighted by Crippen LogP contribution is -2.24. The van der Waals surface area contributed by atoms with Crippen LogP contribution in [0.25, 0.3) is 11.4 Å². The molecule has 0 saturated heterocycles. The Kier molecular flexibility index (Phi) is 8.45. The number of nitrogens with one attached hydrogen (secondary N) is 1. The Balaban J connectivity index is 1.78. The molecule has 3 rings (SSSR count). The Hall–Kier alpha value is -2.92. The first-order valence-corrected chi connectivity index (χ1v) is 11.2. The molecule has 1 atom stereocenters. The number of nitrogens with zero attached hydrogens (tertiary/aromatic N) is 4. The SMILES string of the molecule is CCOCCCn1c(SC(C)C(=O)Nc2ccccc2C(F)(F)F)nnc1-c1ccncc1. The van der Waals surface area contributed by atoms with E-state index in [1.165, 1.54) is 18.2 Å². The highest BCUT2D eigenvalue weighted by molar-refractivity contribution is 8.00. The molecule has 0 fully saturated rings. The second-order valence-electron chi connectivity index (χ2n) is 7.04. The van der Waals surface area contributed by atoms with Gasteiger partial charge in [0.15, 0.2) is 11.0 Å². The van der Waals surface area contributed by atoms with Gasteiger partial charge in [0.25, 0.3) is 0 Å². The number of aromatic nitrogens is 4. The Morgan fingerprint density at radius 2 is 1.91 bits per heavy atom. The molecule has 1 amide bonds. The molecule has 0 saturated carbocycles. The number of carbonyl (C=O) groups excluding carboxylic acids is 1. The molecule has 0 spiro atoms. The van der Waals surface area contributed by atoms with Crippen molar-refractivity contribution in [1.82, 2.24) is 19.7 Å². The first-order valence-electron chi connectivity index (χ1n) is 10.4. The summed E-state index contributed by atoms with van der Waals surface area (Å²) >= 11 is 1.13. The zero-order valence-corrected chi connectivity index (χ0v) is 19.0. The van der Waals surface area contributed by atoms with Gasteiger partial charge >= 0.3 is 6.18 Å². The van der Waals surface area contributed by atoms with Crippen molar-refractivity contribution in [3.63, 3.8) is 0 Å². The van der Waals surface area contributed by atoms with Crippen LogP contribution in [-0.2, 0) is 22.3 Å². The average molecular weight is 480 g/mol. The van der Waals surface area contributed by atoms with Gasteiger partial charge in [-0.05, 0) is 44.5 Å². The van der Waals surface area contributed by atoms with E-state index in [0.29, 0.717) is 37.2 Å². The second-order valence-corrected chi connectivity index (χ2v) is 8.34. The summed E-state index contributed by atoms with van der Waals surface area (Å²) < 4.78 is 47.0. The summed E-state index contributed by atoms with van der Waals surface area (Å²) in [5.74, 6) is 0.0532. The van der Waals surface area contributed by atoms with E-state index in [2.05, 4.69) is 20.5 Å². The molecule has 1 unspecified atom stereocenters. The van der Waals surface area contributed by atoms with Gasteiger partial charge in [-0.15, -0.1) is 10.2 Å². The summed E-state index contributed by atoms with van der Waals surface area (Å²) in [6.45, 7) is 5.25. The lowest BCUT2D eigenvalue weighted by atomic mass is 10.1. The fraction of sp³-hybridized carbons (Fsp3) is 0.364. The molecular formula is C22H24F3N5O2S. The van der Waals surface area contributed by atoms with Gasteiger partial charge in [0, 0.05) is 37.7 Å². The summed E-state index contributed by atoms with van der Waals surface area (Å²) in [6, 6.07) is 8.50. The zero-order chi connectivity index (χ0) is 23.8. The topological polar surface area (TPSA) is 81.9 Å². The van der Waals surface area contributed by atoms with Crippen molar-refractivity contribution in [3.8, 4) is 11.4 Å². The number of anilines is 1. The smallest absolute Gasteiger partial charge is 0.382 e. The van der Waals surface area contributed by atoms with E-state index in [-0.39, 0.29) is 5.69 Å². The number of hydrogen-bond donors (Lipinski definition) is 1. The van der Waals surface area contributed by atoms with Gasteiger partial charge < -0.3 is 14.6 Å². The predicted molar refractivity (Wildman–Crippen MR) is 120 cm³/mol. The maximum Gasteiger partial charge on any atom is 0.418 e. The number of amides is 1. The fourth-order valence-corrected chi connectivity index (χ4v) is 3.92. The quantitative estimate of drug-likeness (QED) is 0.329. The molecule has 1 N–H and O–H groups in total. The second kappa shape index (κ2) is 11.3. The Bertz CT molecular complexity index is 1060. The van der Waals surface area contributed by atoms with Crippen LogP contribution in [0.2, 0.25) is 0 Å². The van der Waals surface area contributed by atoms with Gasteiger partial charge in [-0.1, -0.05) is 23.9 Å². The molecule has 0 aliphatic carbocycles. The third kappa shape index (κ3) is 6.55. The molecule has 2 aromatic heterocycles. The molecule has 33 heavy (non-hydrogen) atoms. The van der Waals surface area contributed by atoms with Crippen LogP contribution in [0.5, 0.6) is 0 Å². The number of thioether (sulfide) groups is 1. The fourth-order valence-electron chi connectivity index (χ4n) is 3.05. The number of alkyl halides is 3. The van der Waals surface area contributed by atoms with Crippen molar-refractivity contribution in [2.45, 2.75) is 43.4 Å². The van der Waals surface area contributed by atoms with E-state index in [9.17, 15) is 18.0 Å². The molecule has 3 aromatic rings. The van der Waals surface area contributed by atoms with Crippen molar-refractivity contribution in [1.29, 1.82) is 0 Å². The van der Waals surface area contributed by atoms with E-state index in [1.54, 1.807) is 19.3 Å². The minimum absolute atomic E-state index is 0.280. The van der Waals surface area contributed by atoms with Crippen molar-refractivity contribution in [3.05, 3.63) is 54.4 Å². The van der Waals surface area contributed by atoms with Gasteiger partial charge in [-0.25, -0.2) is 0 Å². The number of pyridine rings is 1. The highest BCUT2D eigenvalue weighted by Gasteiger charge is 2.34. The number of rotatable bonds is 10. The highest BCUT2D eigenvalue weighted by Crippen LogP contribution is 2.35. The van der Waals surface area contributed by atoms with E-state index in [4.69, 9.17) is 4.74 Å². The van der Waals surface area contributed by atoms with Crippen molar-refractivity contribution in [2.75, 3.05) is 18.5 Å². The van der Waals surface area contributed by atoms with Crippen LogP contribution in [0.3, 0.4) is 0 Å². The molecule has 11 heteroatoms. The van der Waals surface area contributed by atoms with Gasteiger partial charge in [0.05, 0.1) is 16.5 Å². The van der Waals surface area contributed by atoms with Crippen LogP contribution < -0.4 is 5.32 Å². The molecule has 0 bridgehead atoms. The number of benzene rings is 1. The average Bonchev–Trinajstić information content (AvgIpc) is 3.19. The van der Waals surface area contributed by atoms with Crippen molar-refractivity contribution in [2.24, 2.45) is 0 Å². The normalized spacial score (nSPS) is 12.5. The van der Waals surface area contributed by atoms with Crippen LogP contribution in [0.4, 0.5) is 18.9 Å². The van der Waals surface area contributed by atoms with Gasteiger partial charge in [0.1, 0.15) is 0 Å². The number of halogens is 3. The Morgan fingerprint density at radius 1 is 1.18 bits per heavy atom. The van der Waals surface area contributed by atoms with E-state index in [1.807, 2.05) is 23.6 Å². The molecule has 2 heterocycles. The maximum absolute atomic E-state index is 13.2. The number of para-hydroxylation sites is 1. The number of ether oxygens (including phenoxy) is 1. The summed E-state index contributed by atoms with van der Waals surface area (Å²) in [4.78, 5) is 16.7. The zero-order valence-electron chi connectivity index (χ0n) is 18.2. The van der Waals surface area contributed by atoms with Crippen LogP contribution in [0.1, 0.15) is 25.8 Å². The van der Waals surface area contributed by atoms with Crippen molar-refractivity contribution < 1.29 is 22.7 Å². The van der Waals surface area contributed by atoms with E-state index in [0.717, 1.165) is 23.4 Å². The largest absolute Gasteiger partial charge is 0.418 e. The summed E-state index contributed by atoms with van der Waals surface area (Å²) in [6.07, 6.45) is -0.567. The number of hydrogen-bond acceptors (Lipinski definition) is 6. The first-order chi connectivity index (χ1) is 15.8. The Morgan fingerprint density at radius 3 is 2.61 bits per heavy atom. The lowest BCUT2D eigenvalue weighted by molar-refractivity contribution is -0.137. The molecular weight excluding hydrogens is 455 g/mol. The van der Waals surface area contributed by atoms with Crippen LogP contribution in [0, 0.1) is 0 Å². The third-order valence-corrected chi connectivity index (χ3v) is 5.75. The minimum Gasteiger partial charge on any atom is -0.382 e. The summed E-state index contributed by atoms with van der Waals surface area (Å²) in [7, 11) is 0. The van der Waals surface area contributed by atoms with Gasteiger partial charge in [-0.3, -0.25) is 9.78 Å². The summed E-state index contributed by atoms with van der Waals surface area (Å²) in [5, 5.41) is 10.7. The lowest BCUT2D eigenvalue weighted by Gasteiger charge is -2.16. The van der Waals surface area contributed by atoms with Crippen LogP contribution in [-0.4, -0.2) is 44.1 Å². The van der Waals surface area contributed by atoms with E-state index < -0.39 is 22.9 Å². The first kappa shape index (κ1) is 24.7. The molecule has 0 aliphatic rings. The molecule has 0 radical (unpaired) electrons.